The zero-order chi connectivity index (χ0) is 9.84. The van der Waals surface area contributed by atoms with Gasteiger partial charge in [-0.3, -0.25) is 0 Å². The maximum atomic E-state index is 3.82. The highest BCUT2D eigenvalue weighted by Crippen LogP contribution is 2.30. The van der Waals surface area contributed by atoms with Gasteiger partial charge in [0.15, 0.2) is 0 Å². The molecule has 1 rings (SSSR count). The molecule has 0 bridgehead atoms. The summed E-state index contributed by atoms with van der Waals surface area (Å²) in [6.07, 6.45) is 4.07. The van der Waals surface area contributed by atoms with E-state index in [2.05, 4.69) is 53.9 Å². The zero-order valence-electron chi connectivity index (χ0n) is 7.88. The molecular weight excluding hydrogens is 244 g/mol. The van der Waals surface area contributed by atoms with E-state index in [0.29, 0.717) is 5.92 Å². The van der Waals surface area contributed by atoms with Crippen LogP contribution in [0.5, 0.6) is 0 Å². The van der Waals surface area contributed by atoms with Crippen LogP contribution in [0.25, 0.3) is 0 Å². The number of halogens is 1. The molecular formula is C11H13BrS. The minimum Gasteiger partial charge on any atom is -0.129 e. The minimum absolute atomic E-state index is 0.417. The predicted octanol–water partition coefficient (Wildman–Crippen LogP) is 4.46. The SMILES string of the molecule is C=CC(C)c1cc(Br)ccc1SC. The molecule has 0 nitrogen and oxygen atoms in total. The Kier molecular flexibility index (Phi) is 4.07. The van der Waals surface area contributed by atoms with Crippen LogP contribution in [0, 0.1) is 0 Å². The van der Waals surface area contributed by atoms with E-state index in [1.54, 1.807) is 11.8 Å². The molecule has 0 N–H and O–H groups in total. The third kappa shape index (κ3) is 2.61. The lowest BCUT2D eigenvalue weighted by molar-refractivity contribution is 0.935. The molecule has 1 unspecified atom stereocenters. The van der Waals surface area contributed by atoms with E-state index >= 15 is 0 Å². The minimum atomic E-state index is 0.417. The average molecular weight is 257 g/mol. The van der Waals surface area contributed by atoms with E-state index < -0.39 is 0 Å². The van der Waals surface area contributed by atoms with Crippen LogP contribution >= 0.6 is 27.7 Å². The molecule has 13 heavy (non-hydrogen) atoms. The highest BCUT2D eigenvalue weighted by molar-refractivity contribution is 9.10. The summed E-state index contributed by atoms with van der Waals surface area (Å²) in [5, 5.41) is 0. The molecule has 0 aliphatic carbocycles. The topological polar surface area (TPSA) is 0 Å². The number of hydrogen-bond acceptors (Lipinski definition) is 1. The fraction of sp³-hybridized carbons (Fsp3) is 0.273. The van der Waals surface area contributed by atoms with Crippen LogP contribution in [0.4, 0.5) is 0 Å². The normalized spacial score (nSPS) is 12.5. The fourth-order valence-electron chi connectivity index (χ4n) is 1.19. The second-order valence-electron chi connectivity index (χ2n) is 2.91. The van der Waals surface area contributed by atoms with Crippen molar-refractivity contribution in [2.24, 2.45) is 0 Å². The van der Waals surface area contributed by atoms with Gasteiger partial charge in [-0.05, 0) is 35.9 Å². The van der Waals surface area contributed by atoms with Crippen molar-refractivity contribution >= 4 is 27.7 Å². The van der Waals surface area contributed by atoms with Gasteiger partial charge in [0.1, 0.15) is 0 Å². The van der Waals surface area contributed by atoms with Gasteiger partial charge < -0.3 is 0 Å². The molecule has 1 atom stereocenters. The number of allylic oxidation sites excluding steroid dienone is 1. The summed E-state index contributed by atoms with van der Waals surface area (Å²) in [5.74, 6) is 0.417. The molecule has 0 aromatic heterocycles. The Hall–Kier alpha value is -0.210. The Morgan fingerprint density at radius 3 is 2.77 bits per heavy atom. The number of thioether (sulfide) groups is 1. The first kappa shape index (κ1) is 10.9. The molecule has 0 aliphatic rings. The molecule has 0 heterocycles. The van der Waals surface area contributed by atoms with Gasteiger partial charge in [0, 0.05) is 9.37 Å². The van der Waals surface area contributed by atoms with Crippen molar-refractivity contribution in [1.29, 1.82) is 0 Å². The Morgan fingerprint density at radius 1 is 1.54 bits per heavy atom. The van der Waals surface area contributed by atoms with Gasteiger partial charge in [-0.25, -0.2) is 0 Å². The lowest BCUT2D eigenvalue weighted by atomic mass is 10.0. The quantitative estimate of drug-likeness (QED) is 0.569. The molecule has 0 spiro atoms. The van der Waals surface area contributed by atoms with Crippen molar-refractivity contribution in [3.63, 3.8) is 0 Å². The molecule has 0 saturated carbocycles. The third-order valence-corrected chi connectivity index (χ3v) is 3.34. The zero-order valence-corrected chi connectivity index (χ0v) is 10.3. The van der Waals surface area contributed by atoms with Gasteiger partial charge in [-0.1, -0.05) is 28.9 Å². The molecule has 0 fully saturated rings. The molecule has 0 saturated heterocycles. The van der Waals surface area contributed by atoms with Gasteiger partial charge in [0.2, 0.25) is 0 Å². The highest BCUT2D eigenvalue weighted by Gasteiger charge is 2.07. The summed E-state index contributed by atoms with van der Waals surface area (Å²) in [7, 11) is 0. The van der Waals surface area contributed by atoms with Crippen LogP contribution in [0.15, 0.2) is 40.2 Å². The van der Waals surface area contributed by atoms with Crippen LogP contribution < -0.4 is 0 Å². The molecule has 70 valence electrons. The largest absolute Gasteiger partial charge is 0.129 e. The van der Waals surface area contributed by atoms with Crippen LogP contribution in [0.3, 0.4) is 0 Å². The van der Waals surface area contributed by atoms with E-state index in [1.165, 1.54) is 10.5 Å². The van der Waals surface area contributed by atoms with E-state index in [-0.39, 0.29) is 0 Å². The number of benzene rings is 1. The maximum absolute atomic E-state index is 3.82. The van der Waals surface area contributed by atoms with Crippen molar-refractivity contribution < 1.29 is 0 Å². The standard InChI is InChI=1S/C11H13BrS/c1-4-8(2)10-7-9(12)5-6-11(10)13-3/h4-8H,1H2,2-3H3. The van der Waals surface area contributed by atoms with E-state index in [9.17, 15) is 0 Å². The summed E-state index contributed by atoms with van der Waals surface area (Å²) in [6, 6.07) is 6.38. The summed E-state index contributed by atoms with van der Waals surface area (Å²) in [5.41, 5.74) is 1.34. The van der Waals surface area contributed by atoms with Crippen molar-refractivity contribution in [3.05, 3.63) is 40.9 Å². The summed E-state index contributed by atoms with van der Waals surface area (Å²) in [6.45, 7) is 5.98. The summed E-state index contributed by atoms with van der Waals surface area (Å²) in [4.78, 5) is 1.33. The molecule has 2 heteroatoms. The van der Waals surface area contributed by atoms with Crippen LogP contribution in [0.2, 0.25) is 0 Å². The van der Waals surface area contributed by atoms with Crippen molar-refractivity contribution in [3.8, 4) is 0 Å². The first-order chi connectivity index (χ1) is 6.19. The third-order valence-electron chi connectivity index (χ3n) is 2.04. The molecule has 0 radical (unpaired) electrons. The lowest BCUT2D eigenvalue weighted by Crippen LogP contribution is -1.91. The van der Waals surface area contributed by atoms with Gasteiger partial charge in [-0.2, -0.15) is 0 Å². The Bertz CT molecular complexity index is 307. The highest BCUT2D eigenvalue weighted by atomic mass is 79.9. The van der Waals surface area contributed by atoms with Gasteiger partial charge >= 0.3 is 0 Å². The van der Waals surface area contributed by atoms with Crippen molar-refractivity contribution in [1.82, 2.24) is 0 Å². The van der Waals surface area contributed by atoms with Crippen molar-refractivity contribution in [2.45, 2.75) is 17.7 Å². The van der Waals surface area contributed by atoms with Gasteiger partial charge in [0.25, 0.3) is 0 Å². The fourth-order valence-corrected chi connectivity index (χ4v) is 2.25. The van der Waals surface area contributed by atoms with E-state index in [4.69, 9.17) is 0 Å². The van der Waals surface area contributed by atoms with Gasteiger partial charge in [-0.15, -0.1) is 18.3 Å². The van der Waals surface area contributed by atoms with Crippen LogP contribution in [0.1, 0.15) is 18.4 Å². The van der Waals surface area contributed by atoms with Crippen LogP contribution in [-0.4, -0.2) is 6.26 Å². The monoisotopic (exact) mass is 256 g/mol. The molecule has 1 aromatic carbocycles. The number of hydrogen-bond donors (Lipinski definition) is 0. The van der Waals surface area contributed by atoms with E-state index in [0.717, 1.165) is 4.47 Å². The molecule has 1 aromatic rings. The van der Waals surface area contributed by atoms with E-state index in [1.807, 2.05) is 6.08 Å². The summed E-state index contributed by atoms with van der Waals surface area (Å²) >= 11 is 5.26. The lowest BCUT2D eigenvalue weighted by Gasteiger charge is -2.11. The molecule has 0 amide bonds. The average Bonchev–Trinajstić information content (AvgIpc) is 2.16. The Balaban J connectivity index is 3.14. The van der Waals surface area contributed by atoms with Crippen molar-refractivity contribution in [2.75, 3.05) is 6.26 Å². The second-order valence-corrected chi connectivity index (χ2v) is 4.67. The molecule has 0 aliphatic heterocycles. The van der Waals surface area contributed by atoms with Gasteiger partial charge in [0.05, 0.1) is 0 Å². The maximum Gasteiger partial charge on any atom is 0.0179 e. The Labute approximate surface area is 92.6 Å². The first-order valence-electron chi connectivity index (χ1n) is 4.15. The smallest absolute Gasteiger partial charge is 0.0179 e. The number of rotatable bonds is 3. The summed E-state index contributed by atoms with van der Waals surface area (Å²) < 4.78 is 1.13. The van der Waals surface area contributed by atoms with Crippen LogP contribution in [-0.2, 0) is 0 Å². The predicted molar refractivity (Wildman–Crippen MR) is 64.5 cm³/mol. The Morgan fingerprint density at radius 2 is 2.23 bits per heavy atom. The second kappa shape index (κ2) is 4.87. The first-order valence-corrected chi connectivity index (χ1v) is 6.16.